The highest BCUT2D eigenvalue weighted by Crippen LogP contribution is 2.19. The molecule has 2 unspecified atom stereocenters. The van der Waals surface area contributed by atoms with E-state index < -0.39 is 10.2 Å². The molecule has 0 aromatic carbocycles. The average molecular weight is 305 g/mol. The minimum absolute atomic E-state index is 0.0668. The highest BCUT2D eigenvalue weighted by Gasteiger charge is 2.30. The molecule has 2 aliphatic rings. The van der Waals surface area contributed by atoms with Crippen LogP contribution in [0.5, 0.6) is 0 Å². The van der Waals surface area contributed by atoms with Crippen molar-refractivity contribution < 1.29 is 13.2 Å². The summed E-state index contributed by atoms with van der Waals surface area (Å²) >= 11 is 0. The molecule has 2 rings (SSSR count). The number of hydrogen-bond donors (Lipinski definition) is 2. The summed E-state index contributed by atoms with van der Waals surface area (Å²) in [5, 5.41) is 3.31. The van der Waals surface area contributed by atoms with Gasteiger partial charge in [0.2, 0.25) is 0 Å². The van der Waals surface area contributed by atoms with Crippen LogP contribution in [-0.2, 0) is 14.9 Å². The van der Waals surface area contributed by atoms with Crippen LogP contribution in [-0.4, -0.2) is 58.2 Å². The first-order valence-electron chi connectivity index (χ1n) is 7.67. The third kappa shape index (κ3) is 4.66. The van der Waals surface area contributed by atoms with E-state index in [4.69, 9.17) is 4.74 Å². The number of nitrogens with zero attached hydrogens (tertiary/aromatic N) is 1. The number of ether oxygens (including phenoxy) is 1. The van der Waals surface area contributed by atoms with Crippen LogP contribution in [0.25, 0.3) is 0 Å². The van der Waals surface area contributed by atoms with Gasteiger partial charge in [0.05, 0.1) is 6.61 Å². The van der Waals surface area contributed by atoms with Crippen molar-refractivity contribution in [2.75, 3.05) is 39.4 Å². The van der Waals surface area contributed by atoms with Gasteiger partial charge in [-0.3, -0.25) is 0 Å². The summed E-state index contributed by atoms with van der Waals surface area (Å²) in [7, 11) is -3.37. The maximum absolute atomic E-state index is 12.4. The summed E-state index contributed by atoms with van der Waals surface area (Å²) in [4.78, 5) is 0. The minimum Gasteiger partial charge on any atom is -0.380 e. The molecular weight excluding hydrogens is 278 g/mol. The lowest BCUT2D eigenvalue weighted by Gasteiger charge is -2.33. The number of rotatable bonds is 6. The van der Waals surface area contributed by atoms with Gasteiger partial charge in [0.15, 0.2) is 0 Å². The Kier molecular flexibility index (Phi) is 6.22. The molecule has 2 N–H and O–H groups in total. The fourth-order valence-corrected chi connectivity index (χ4v) is 4.41. The van der Waals surface area contributed by atoms with Crippen LogP contribution in [0.15, 0.2) is 0 Å². The Morgan fingerprint density at radius 1 is 1.30 bits per heavy atom. The van der Waals surface area contributed by atoms with E-state index in [2.05, 4.69) is 17.0 Å². The van der Waals surface area contributed by atoms with Crippen LogP contribution in [0.2, 0.25) is 0 Å². The van der Waals surface area contributed by atoms with Gasteiger partial charge in [0.1, 0.15) is 0 Å². The van der Waals surface area contributed by atoms with Crippen LogP contribution in [0.3, 0.4) is 0 Å². The van der Waals surface area contributed by atoms with E-state index in [9.17, 15) is 8.42 Å². The molecule has 0 radical (unpaired) electrons. The first kappa shape index (κ1) is 16.2. The molecule has 0 aromatic heterocycles. The third-order valence-corrected chi connectivity index (χ3v) is 5.62. The van der Waals surface area contributed by atoms with Crippen molar-refractivity contribution in [3.63, 3.8) is 0 Å². The SMILES string of the molecule is CCNCC1CCCN(S(=O)(=O)NC2CCCOC2)C1. The van der Waals surface area contributed by atoms with E-state index in [1.807, 2.05) is 0 Å². The van der Waals surface area contributed by atoms with Gasteiger partial charge in [-0.05, 0) is 44.7 Å². The minimum atomic E-state index is -3.37. The van der Waals surface area contributed by atoms with E-state index >= 15 is 0 Å². The molecule has 0 spiro atoms. The zero-order chi connectivity index (χ0) is 14.4. The first-order chi connectivity index (χ1) is 9.62. The van der Waals surface area contributed by atoms with Crippen LogP contribution < -0.4 is 10.0 Å². The Balaban J connectivity index is 1.87. The lowest BCUT2D eigenvalue weighted by Crippen LogP contribution is -2.51. The zero-order valence-corrected chi connectivity index (χ0v) is 13.1. The largest absolute Gasteiger partial charge is 0.380 e. The second-order valence-electron chi connectivity index (χ2n) is 5.71. The maximum atomic E-state index is 12.4. The first-order valence-corrected chi connectivity index (χ1v) is 9.11. The quantitative estimate of drug-likeness (QED) is 0.741. The third-order valence-electron chi connectivity index (χ3n) is 3.98. The monoisotopic (exact) mass is 305 g/mol. The normalized spacial score (nSPS) is 29.4. The molecule has 118 valence electrons. The van der Waals surface area contributed by atoms with Gasteiger partial charge in [0, 0.05) is 25.7 Å². The maximum Gasteiger partial charge on any atom is 0.279 e. The van der Waals surface area contributed by atoms with Crippen molar-refractivity contribution >= 4 is 10.2 Å². The van der Waals surface area contributed by atoms with Gasteiger partial charge in [0.25, 0.3) is 10.2 Å². The van der Waals surface area contributed by atoms with Crippen molar-refractivity contribution in [1.82, 2.24) is 14.3 Å². The van der Waals surface area contributed by atoms with Crippen molar-refractivity contribution in [3.05, 3.63) is 0 Å². The Labute approximate surface area is 122 Å². The smallest absolute Gasteiger partial charge is 0.279 e. The van der Waals surface area contributed by atoms with Crippen molar-refractivity contribution in [2.45, 2.75) is 38.6 Å². The Hall–Kier alpha value is -0.210. The van der Waals surface area contributed by atoms with Gasteiger partial charge < -0.3 is 10.1 Å². The average Bonchev–Trinajstić information content (AvgIpc) is 2.46. The summed E-state index contributed by atoms with van der Waals surface area (Å²) in [6.07, 6.45) is 3.84. The molecule has 0 amide bonds. The summed E-state index contributed by atoms with van der Waals surface area (Å²) < 4.78 is 34.6. The molecule has 2 fully saturated rings. The lowest BCUT2D eigenvalue weighted by atomic mass is 10.00. The van der Waals surface area contributed by atoms with E-state index in [1.165, 1.54) is 0 Å². The molecule has 2 saturated heterocycles. The molecule has 2 heterocycles. The highest BCUT2D eigenvalue weighted by molar-refractivity contribution is 7.87. The number of hydrogen-bond acceptors (Lipinski definition) is 4. The standard InChI is InChI=1S/C13H27N3O3S/c1-2-14-9-12-5-3-7-16(10-12)20(17,18)15-13-6-4-8-19-11-13/h12-15H,2-11H2,1H3. The predicted octanol–water partition coefficient (Wildman–Crippen LogP) is 0.321. The fraction of sp³-hybridized carbons (Fsp3) is 1.00. The van der Waals surface area contributed by atoms with Crippen LogP contribution in [0, 0.1) is 5.92 Å². The second-order valence-corrected chi connectivity index (χ2v) is 7.41. The van der Waals surface area contributed by atoms with Crippen molar-refractivity contribution in [3.8, 4) is 0 Å². The molecule has 2 atom stereocenters. The number of nitrogens with one attached hydrogen (secondary N) is 2. The van der Waals surface area contributed by atoms with Gasteiger partial charge in [-0.1, -0.05) is 6.92 Å². The summed E-state index contributed by atoms with van der Waals surface area (Å²) in [5.41, 5.74) is 0. The van der Waals surface area contributed by atoms with Gasteiger partial charge >= 0.3 is 0 Å². The van der Waals surface area contributed by atoms with E-state index in [1.54, 1.807) is 4.31 Å². The second kappa shape index (κ2) is 7.70. The van der Waals surface area contributed by atoms with Crippen molar-refractivity contribution in [2.24, 2.45) is 5.92 Å². The Bertz CT molecular complexity index is 382. The van der Waals surface area contributed by atoms with Gasteiger partial charge in [-0.2, -0.15) is 17.4 Å². The van der Waals surface area contributed by atoms with Gasteiger partial charge in [-0.15, -0.1) is 0 Å². The van der Waals surface area contributed by atoms with Crippen LogP contribution >= 0.6 is 0 Å². The molecule has 0 aliphatic carbocycles. The van der Waals surface area contributed by atoms with E-state index in [0.29, 0.717) is 25.6 Å². The molecular formula is C13H27N3O3S. The highest BCUT2D eigenvalue weighted by atomic mass is 32.2. The molecule has 20 heavy (non-hydrogen) atoms. The summed E-state index contributed by atoms with van der Waals surface area (Å²) in [6, 6.07) is -0.0668. The summed E-state index contributed by atoms with van der Waals surface area (Å²) in [5.74, 6) is 0.419. The van der Waals surface area contributed by atoms with Crippen LogP contribution in [0.4, 0.5) is 0 Å². The predicted molar refractivity (Wildman–Crippen MR) is 78.7 cm³/mol. The number of piperidine rings is 1. The van der Waals surface area contributed by atoms with Crippen molar-refractivity contribution in [1.29, 1.82) is 0 Å². The van der Waals surface area contributed by atoms with E-state index in [-0.39, 0.29) is 6.04 Å². The van der Waals surface area contributed by atoms with Crippen LogP contribution in [0.1, 0.15) is 32.6 Å². The molecule has 0 saturated carbocycles. The Morgan fingerprint density at radius 2 is 2.15 bits per heavy atom. The molecule has 7 heteroatoms. The molecule has 0 aromatic rings. The molecule has 6 nitrogen and oxygen atoms in total. The summed E-state index contributed by atoms with van der Waals surface area (Å²) in [6.45, 7) is 6.39. The lowest BCUT2D eigenvalue weighted by molar-refractivity contribution is 0.0766. The van der Waals surface area contributed by atoms with Gasteiger partial charge in [-0.25, -0.2) is 0 Å². The fourth-order valence-electron chi connectivity index (χ4n) is 2.88. The Morgan fingerprint density at radius 3 is 2.85 bits per heavy atom. The zero-order valence-electron chi connectivity index (χ0n) is 12.3. The topological polar surface area (TPSA) is 70.7 Å². The van der Waals surface area contributed by atoms with E-state index in [0.717, 1.165) is 45.4 Å². The molecule has 2 aliphatic heterocycles. The molecule has 0 bridgehead atoms.